The average Bonchev–Trinajstić information content (AvgIpc) is 2.66. The Balaban J connectivity index is 2.04. The first-order valence-electron chi connectivity index (χ1n) is 9.49. The van der Waals surface area contributed by atoms with Crippen LogP contribution in [0, 0.1) is 0 Å². The van der Waals surface area contributed by atoms with E-state index in [4.69, 9.17) is 16.3 Å². The summed E-state index contributed by atoms with van der Waals surface area (Å²) in [5.74, 6) is -0.879. The van der Waals surface area contributed by atoms with Crippen LogP contribution in [0.4, 0.5) is 0 Å². The maximum Gasteiger partial charge on any atom is 0.336 e. The molecule has 29 heavy (non-hydrogen) atoms. The first kappa shape index (κ1) is 21.6. The number of rotatable bonds is 5. The van der Waals surface area contributed by atoms with Crippen LogP contribution >= 0.6 is 27.5 Å². The Hall–Kier alpha value is -2.11. The van der Waals surface area contributed by atoms with Crippen molar-refractivity contribution in [3.63, 3.8) is 0 Å². The summed E-state index contributed by atoms with van der Waals surface area (Å²) in [5, 5.41) is 0.536. The zero-order chi connectivity index (χ0) is 21.1. The van der Waals surface area contributed by atoms with E-state index in [1.54, 1.807) is 17.9 Å². The van der Waals surface area contributed by atoms with Crippen molar-refractivity contribution in [1.29, 1.82) is 0 Å². The molecule has 0 spiro atoms. The van der Waals surface area contributed by atoms with Crippen LogP contribution in [0.15, 0.2) is 64.3 Å². The van der Waals surface area contributed by atoms with Crippen LogP contribution < -0.4 is 0 Å². The van der Waals surface area contributed by atoms with Crippen molar-refractivity contribution in [1.82, 2.24) is 4.90 Å². The Labute approximate surface area is 184 Å². The molecule has 1 aliphatic rings. The SMILES string of the molecule is CC1=C(C(=O)OC(C)C)[C@H](c2ccccc2Cl)CC(=O)N1Cc1ccc(Br)cc1. The molecule has 0 aromatic heterocycles. The zero-order valence-corrected chi connectivity index (χ0v) is 19.0. The molecule has 0 saturated heterocycles. The maximum atomic E-state index is 13.0. The van der Waals surface area contributed by atoms with Crippen molar-refractivity contribution in [2.45, 2.75) is 45.8 Å². The van der Waals surface area contributed by atoms with Crippen molar-refractivity contribution < 1.29 is 14.3 Å². The Kier molecular flexibility index (Phi) is 6.81. The molecule has 1 amide bonds. The standard InChI is InChI=1S/C23H23BrClNO3/c1-14(2)29-23(28)22-15(3)26(13-16-8-10-17(24)11-9-16)21(27)12-19(22)18-6-4-5-7-20(18)25/h4-11,14,19H,12-13H2,1-3H3/t19-/m0/s1. The topological polar surface area (TPSA) is 46.6 Å². The van der Waals surface area contributed by atoms with Gasteiger partial charge in [0.05, 0.1) is 18.2 Å². The van der Waals surface area contributed by atoms with Crippen molar-refractivity contribution in [2.75, 3.05) is 0 Å². The van der Waals surface area contributed by atoms with Gasteiger partial charge >= 0.3 is 5.97 Å². The number of hydrogen-bond acceptors (Lipinski definition) is 3. The molecule has 0 unspecified atom stereocenters. The smallest absolute Gasteiger partial charge is 0.336 e. The fourth-order valence-corrected chi connectivity index (χ4v) is 4.07. The molecule has 0 fully saturated rings. The number of benzene rings is 2. The van der Waals surface area contributed by atoms with Crippen molar-refractivity contribution in [2.24, 2.45) is 0 Å². The van der Waals surface area contributed by atoms with Gasteiger partial charge in [-0.15, -0.1) is 0 Å². The number of halogens is 2. The van der Waals surface area contributed by atoms with Gasteiger partial charge in [0, 0.05) is 27.5 Å². The van der Waals surface area contributed by atoms with Gasteiger partial charge in [0.1, 0.15) is 0 Å². The minimum absolute atomic E-state index is 0.0450. The number of carbonyl (C=O) groups excluding carboxylic acids is 2. The van der Waals surface area contributed by atoms with E-state index >= 15 is 0 Å². The highest BCUT2D eigenvalue weighted by Crippen LogP contribution is 2.40. The second kappa shape index (κ2) is 9.14. The summed E-state index contributed by atoms with van der Waals surface area (Å²) in [6.45, 7) is 5.82. The second-order valence-electron chi connectivity index (χ2n) is 7.34. The zero-order valence-electron chi connectivity index (χ0n) is 16.6. The molecule has 0 radical (unpaired) electrons. The lowest BCUT2D eigenvalue weighted by molar-refractivity contribution is -0.143. The first-order valence-corrected chi connectivity index (χ1v) is 10.7. The van der Waals surface area contributed by atoms with Crippen LogP contribution in [0.3, 0.4) is 0 Å². The highest BCUT2D eigenvalue weighted by atomic mass is 79.9. The molecule has 0 bridgehead atoms. The highest BCUT2D eigenvalue weighted by molar-refractivity contribution is 9.10. The van der Waals surface area contributed by atoms with Crippen LogP contribution in [-0.2, 0) is 20.9 Å². The second-order valence-corrected chi connectivity index (χ2v) is 8.66. The summed E-state index contributed by atoms with van der Waals surface area (Å²) in [6, 6.07) is 15.1. The van der Waals surface area contributed by atoms with E-state index in [-0.39, 0.29) is 18.4 Å². The van der Waals surface area contributed by atoms with Gasteiger partial charge in [-0.25, -0.2) is 4.79 Å². The van der Waals surface area contributed by atoms with Crippen LogP contribution in [0.1, 0.15) is 44.2 Å². The monoisotopic (exact) mass is 475 g/mol. The van der Waals surface area contributed by atoms with Gasteiger partial charge < -0.3 is 9.64 Å². The fourth-order valence-electron chi connectivity index (χ4n) is 3.54. The lowest BCUT2D eigenvalue weighted by Crippen LogP contribution is -2.38. The molecule has 152 valence electrons. The van der Waals surface area contributed by atoms with E-state index in [9.17, 15) is 9.59 Å². The van der Waals surface area contributed by atoms with Crippen LogP contribution in [0.5, 0.6) is 0 Å². The lowest BCUT2D eigenvalue weighted by Gasteiger charge is -2.35. The number of nitrogens with zero attached hydrogens (tertiary/aromatic N) is 1. The summed E-state index contributed by atoms with van der Waals surface area (Å²) in [7, 11) is 0. The van der Waals surface area contributed by atoms with Gasteiger partial charge in [-0.2, -0.15) is 0 Å². The van der Waals surface area contributed by atoms with Crippen LogP contribution in [0.25, 0.3) is 0 Å². The van der Waals surface area contributed by atoms with Gasteiger partial charge in [-0.1, -0.05) is 57.9 Å². The summed E-state index contributed by atoms with van der Waals surface area (Å²) in [5.41, 5.74) is 2.85. The summed E-state index contributed by atoms with van der Waals surface area (Å²) in [4.78, 5) is 27.7. The lowest BCUT2D eigenvalue weighted by atomic mass is 9.83. The minimum atomic E-state index is -0.427. The number of hydrogen-bond donors (Lipinski definition) is 0. The van der Waals surface area contributed by atoms with E-state index in [1.807, 2.05) is 56.3 Å². The largest absolute Gasteiger partial charge is 0.460 e. The molecule has 3 rings (SSSR count). The quantitative estimate of drug-likeness (QED) is 0.509. The number of amides is 1. The van der Waals surface area contributed by atoms with E-state index < -0.39 is 11.9 Å². The third-order valence-corrected chi connectivity index (χ3v) is 5.79. The molecule has 2 aromatic rings. The number of ether oxygens (including phenoxy) is 1. The Morgan fingerprint density at radius 2 is 1.86 bits per heavy atom. The van der Waals surface area contributed by atoms with Crippen molar-refractivity contribution in [3.8, 4) is 0 Å². The number of esters is 1. The van der Waals surface area contributed by atoms with Crippen molar-refractivity contribution in [3.05, 3.63) is 80.4 Å². The van der Waals surface area contributed by atoms with E-state index in [1.165, 1.54) is 0 Å². The predicted molar refractivity (Wildman–Crippen MR) is 117 cm³/mol. The molecule has 1 atom stereocenters. The molecule has 2 aromatic carbocycles. The van der Waals surface area contributed by atoms with Crippen LogP contribution in [-0.4, -0.2) is 22.9 Å². The van der Waals surface area contributed by atoms with Gasteiger partial charge in [0.15, 0.2) is 0 Å². The van der Waals surface area contributed by atoms with Gasteiger partial charge in [-0.3, -0.25) is 4.79 Å². The summed E-state index contributed by atoms with van der Waals surface area (Å²) >= 11 is 9.83. The Bertz CT molecular complexity index is 953. The molecule has 0 aliphatic carbocycles. The molecule has 4 nitrogen and oxygen atoms in total. The molecular formula is C23H23BrClNO3. The first-order chi connectivity index (χ1) is 13.8. The molecule has 0 saturated carbocycles. The van der Waals surface area contributed by atoms with E-state index in [2.05, 4.69) is 15.9 Å². The van der Waals surface area contributed by atoms with E-state index in [0.717, 1.165) is 15.6 Å². The normalized spacial score (nSPS) is 17.1. The highest BCUT2D eigenvalue weighted by Gasteiger charge is 2.37. The van der Waals surface area contributed by atoms with Gasteiger partial charge in [-0.05, 0) is 50.1 Å². The average molecular weight is 477 g/mol. The maximum absolute atomic E-state index is 13.0. The fraction of sp³-hybridized carbons (Fsp3) is 0.304. The third kappa shape index (κ3) is 4.90. The van der Waals surface area contributed by atoms with E-state index in [0.29, 0.717) is 22.8 Å². The molecule has 1 aliphatic heterocycles. The number of allylic oxidation sites excluding steroid dienone is 1. The Morgan fingerprint density at radius 3 is 2.48 bits per heavy atom. The third-order valence-electron chi connectivity index (χ3n) is 4.92. The Morgan fingerprint density at radius 1 is 1.21 bits per heavy atom. The number of carbonyl (C=O) groups is 2. The molecule has 6 heteroatoms. The predicted octanol–water partition coefficient (Wildman–Crippen LogP) is 5.84. The molecular weight excluding hydrogens is 454 g/mol. The van der Waals surface area contributed by atoms with Gasteiger partial charge in [0.2, 0.25) is 5.91 Å². The summed E-state index contributed by atoms with van der Waals surface area (Å²) < 4.78 is 6.49. The van der Waals surface area contributed by atoms with Crippen molar-refractivity contribution >= 4 is 39.4 Å². The molecule has 1 heterocycles. The minimum Gasteiger partial charge on any atom is -0.460 e. The summed E-state index contributed by atoms with van der Waals surface area (Å²) in [6.07, 6.45) is -0.0904. The van der Waals surface area contributed by atoms with Gasteiger partial charge in [0.25, 0.3) is 0 Å². The molecule has 0 N–H and O–H groups in total. The van der Waals surface area contributed by atoms with Crippen LogP contribution in [0.2, 0.25) is 5.02 Å².